The normalized spacial score (nSPS) is 16.9. The van der Waals surface area contributed by atoms with Crippen molar-refractivity contribution in [2.45, 2.75) is 13.0 Å². The first kappa shape index (κ1) is 16.4. The summed E-state index contributed by atoms with van der Waals surface area (Å²) >= 11 is 0. The number of hydrogen-bond donors (Lipinski definition) is 0. The van der Waals surface area contributed by atoms with Crippen LogP contribution in [0.1, 0.15) is 18.9 Å². The molecule has 1 atom stereocenters. The zero-order chi connectivity index (χ0) is 17.1. The van der Waals surface area contributed by atoms with E-state index >= 15 is 0 Å². The van der Waals surface area contributed by atoms with Crippen molar-refractivity contribution >= 4 is 6.03 Å². The largest absolute Gasteiger partial charge is 0.419 e. The highest BCUT2D eigenvalue weighted by atomic mass is 16.4. The van der Waals surface area contributed by atoms with Gasteiger partial charge in [-0.25, -0.2) is 4.79 Å². The molecule has 0 saturated carbocycles. The zero-order valence-electron chi connectivity index (χ0n) is 14.3. The van der Waals surface area contributed by atoms with E-state index in [9.17, 15) is 4.79 Å². The monoisotopic (exact) mass is 329 g/mol. The van der Waals surface area contributed by atoms with E-state index < -0.39 is 0 Å². The van der Waals surface area contributed by atoms with Crippen molar-refractivity contribution in [3.8, 4) is 11.5 Å². The van der Waals surface area contributed by atoms with Gasteiger partial charge in [-0.2, -0.15) is 0 Å². The number of amides is 2. The summed E-state index contributed by atoms with van der Waals surface area (Å²) < 4.78 is 5.84. The average Bonchev–Trinajstić information content (AvgIpc) is 3.11. The van der Waals surface area contributed by atoms with Gasteiger partial charge in [0, 0.05) is 45.8 Å². The fraction of sp³-hybridized carbons (Fsp3) is 0.471. The lowest BCUT2D eigenvalue weighted by Gasteiger charge is -2.37. The molecule has 7 nitrogen and oxygen atoms in total. The van der Waals surface area contributed by atoms with Crippen molar-refractivity contribution < 1.29 is 9.21 Å². The van der Waals surface area contributed by atoms with E-state index in [0.29, 0.717) is 24.9 Å². The summed E-state index contributed by atoms with van der Waals surface area (Å²) in [5, 5.41) is 8.36. The van der Waals surface area contributed by atoms with Gasteiger partial charge in [0.05, 0.1) is 6.04 Å². The maximum absolute atomic E-state index is 12.0. The number of urea groups is 1. The fourth-order valence-corrected chi connectivity index (χ4v) is 2.84. The SMILES string of the molecule is CC(c1nnc(-c2ccccc2)o1)N1CCN(C(=O)N(C)C)CC1. The van der Waals surface area contributed by atoms with Crippen LogP contribution in [0.2, 0.25) is 0 Å². The molecule has 0 N–H and O–H groups in total. The molecule has 24 heavy (non-hydrogen) atoms. The minimum Gasteiger partial charge on any atom is -0.419 e. The van der Waals surface area contributed by atoms with E-state index in [2.05, 4.69) is 22.0 Å². The van der Waals surface area contributed by atoms with Gasteiger partial charge in [-0.05, 0) is 19.1 Å². The standard InChI is InChI=1S/C17H23N5O2/c1-13(21-9-11-22(12-10-21)17(23)20(2)3)15-18-19-16(24-15)14-7-5-4-6-8-14/h4-8,13H,9-12H2,1-3H3. The van der Waals surface area contributed by atoms with E-state index in [4.69, 9.17) is 4.42 Å². The van der Waals surface area contributed by atoms with Crippen LogP contribution in [0.25, 0.3) is 11.5 Å². The van der Waals surface area contributed by atoms with E-state index in [-0.39, 0.29) is 12.1 Å². The topological polar surface area (TPSA) is 65.7 Å². The van der Waals surface area contributed by atoms with Crippen LogP contribution in [-0.4, -0.2) is 71.2 Å². The first-order valence-electron chi connectivity index (χ1n) is 8.15. The molecular formula is C17H23N5O2. The first-order valence-corrected chi connectivity index (χ1v) is 8.15. The molecule has 1 aromatic carbocycles. The first-order chi connectivity index (χ1) is 11.6. The van der Waals surface area contributed by atoms with Crippen LogP contribution in [0, 0.1) is 0 Å². The Morgan fingerprint density at radius 3 is 2.42 bits per heavy atom. The Hall–Kier alpha value is -2.41. The molecule has 1 aliphatic rings. The fourth-order valence-electron chi connectivity index (χ4n) is 2.84. The van der Waals surface area contributed by atoms with Crippen molar-refractivity contribution in [2.24, 2.45) is 0 Å². The molecule has 0 spiro atoms. The Kier molecular flexibility index (Phi) is 4.80. The summed E-state index contributed by atoms with van der Waals surface area (Å²) in [6.07, 6.45) is 0. The second-order valence-electron chi connectivity index (χ2n) is 6.19. The number of piperazine rings is 1. The molecule has 2 heterocycles. The van der Waals surface area contributed by atoms with Gasteiger partial charge in [0.2, 0.25) is 11.8 Å². The number of nitrogens with zero attached hydrogens (tertiary/aromatic N) is 5. The Morgan fingerprint density at radius 1 is 1.12 bits per heavy atom. The molecule has 2 amide bonds. The van der Waals surface area contributed by atoms with E-state index in [1.165, 1.54) is 0 Å². The van der Waals surface area contributed by atoms with Crippen LogP contribution in [-0.2, 0) is 0 Å². The quantitative estimate of drug-likeness (QED) is 0.863. The van der Waals surface area contributed by atoms with Gasteiger partial charge in [-0.3, -0.25) is 4.90 Å². The Labute approximate surface area is 141 Å². The van der Waals surface area contributed by atoms with Crippen LogP contribution in [0.5, 0.6) is 0 Å². The maximum Gasteiger partial charge on any atom is 0.319 e. The maximum atomic E-state index is 12.0. The summed E-state index contributed by atoms with van der Waals surface area (Å²) in [7, 11) is 3.56. The molecule has 2 aromatic rings. The highest BCUT2D eigenvalue weighted by Gasteiger charge is 2.28. The number of benzene rings is 1. The molecule has 7 heteroatoms. The van der Waals surface area contributed by atoms with Crippen molar-refractivity contribution in [1.82, 2.24) is 24.9 Å². The van der Waals surface area contributed by atoms with Crippen LogP contribution in [0.4, 0.5) is 4.79 Å². The Morgan fingerprint density at radius 2 is 1.79 bits per heavy atom. The van der Waals surface area contributed by atoms with Crippen LogP contribution >= 0.6 is 0 Å². The summed E-state index contributed by atoms with van der Waals surface area (Å²) in [4.78, 5) is 17.7. The van der Waals surface area contributed by atoms with E-state index in [1.54, 1.807) is 19.0 Å². The molecular weight excluding hydrogens is 306 g/mol. The van der Waals surface area contributed by atoms with Crippen LogP contribution in [0.3, 0.4) is 0 Å². The smallest absolute Gasteiger partial charge is 0.319 e. The molecule has 1 fully saturated rings. The van der Waals surface area contributed by atoms with E-state index in [1.807, 2.05) is 35.2 Å². The second kappa shape index (κ2) is 7.00. The zero-order valence-corrected chi connectivity index (χ0v) is 14.3. The second-order valence-corrected chi connectivity index (χ2v) is 6.19. The number of hydrogen-bond acceptors (Lipinski definition) is 5. The Bertz CT molecular complexity index is 677. The minimum absolute atomic E-state index is 0.0339. The minimum atomic E-state index is 0.0339. The summed E-state index contributed by atoms with van der Waals surface area (Å²) in [5.74, 6) is 1.15. The lowest BCUT2D eigenvalue weighted by molar-refractivity contribution is 0.0939. The van der Waals surface area contributed by atoms with Crippen molar-refractivity contribution in [3.63, 3.8) is 0 Å². The predicted octanol–water partition coefficient (Wildman–Crippen LogP) is 2.10. The summed E-state index contributed by atoms with van der Waals surface area (Å²) in [6, 6.07) is 9.85. The molecule has 1 unspecified atom stereocenters. The molecule has 0 radical (unpaired) electrons. The molecule has 3 rings (SSSR count). The third kappa shape index (κ3) is 3.41. The average molecular weight is 329 g/mol. The van der Waals surface area contributed by atoms with Gasteiger partial charge < -0.3 is 14.2 Å². The van der Waals surface area contributed by atoms with Gasteiger partial charge in [0.1, 0.15) is 0 Å². The third-order valence-electron chi connectivity index (χ3n) is 4.33. The summed E-state index contributed by atoms with van der Waals surface area (Å²) in [6.45, 7) is 5.07. The van der Waals surface area contributed by atoms with Gasteiger partial charge in [0.15, 0.2) is 0 Å². The van der Waals surface area contributed by atoms with Crippen molar-refractivity contribution in [1.29, 1.82) is 0 Å². The Balaban J connectivity index is 1.63. The lowest BCUT2D eigenvalue weighted by atomic mass is 10.2. The van der Waals surface area contributed by atoms with E-state index in [0.717, 1.165) is 18.7 Å². The molecule has 0 bridgehead atoms. The van der Waals surface area contributed by atoms with Gasteiger partial charge >= 0.3 is 6.03 Å². The predicted molar refractivity (Wildman–Crippen MR) is 90.4 cm³/mol. The summed E-state index contributed by atoms with van der Waals surface area (Å²) in [5.41, 5.74) is 0.921. The van der Waals surface area contributed by atoms with Gasteiger partial charge in [-0.1, -0.05) is 18.2 Å². The van der Waals surface area contributed by atoms with Gasteiger partial charge in [0.25, 0.3) is 0 Å². The number of carbonyl (C=O) groups excluding carboxylic acids is 1. The van der Waals surface area contributed by atoms with Crippen molar-refractivity contribution in [2.75, 3.05) is 40.3 Å². The molecule has 1 saturated heterocycles. The van der Waals surface area contributed by atoms with Crippen molar-refractivity contribution in [3.05, 3.63) is 36.2 Å². The number of rotatable bonds is 3. The molecule has 1 aromatic heterocycles. The highest BCUT2D eigenvalue weighted by Crippen LogP contribution is 2.24. The highest BCUT2D eigenvalue weighted by molar-refractivity contribution is 5.73. The van der Waals surface area contributed by atoms with Gasteiger partial charge in [-0.15, -0.1) is 10.2 Å². The molecule has 0 aliphatic carbocycles. The third-order valence-corrected chi connectivity index (χ3v) is 4.33. The lowest BCUT2D eigenvalue weighted by Crippen LogP contribution is -2.51. The number of carbonyl (C=O) groups is 1. The number of aromatic nitrogens is 2. The molecule has 1 aliphatic heterocycles. The van der Waals surface area contributed by atoms with Crippen LogP contribution in [0.15, 0.2) is 34.7 Å². The molecule has 128 valence electrons. The van der Waals surface area contributed by atoms with Crippen LogP contribution < -0.4 is 0 Å².